The summed E-state index contributed by atoms with van der Waals surface area (Å²) < 4.78 is 0. The molecule has 6 heteroatoms. The van der Waals surface area contributed by atoms with Gasteiger partial charge in [-0.1, -0.05) is 18.6 Å². The number of carbonyl (C=O) groups is 3. The average Bonchev–Trinajstić information content (AvgIpc) is 2.58. The number of carboxylic acid groups (broad SMARTS) is 1. The van der Waals surface area contributed by atoms with Crippen molar-refractivity contribution in [2.45, 2.75) is 44.9 Å². The molecule has 6 nitrogen and oxygen atoms in total. The van der Waals surface area contributed by atoms with Crippen molar-refractivity contribution >= 4 is 23.5 Å². The van der Waals surface area contributed by atoms with E-state index in [9.17, 15) is 19.5 Å². The van der Waals surface area contributed by atoms with Gasteiger partial charge in [0.25, 0.3) is 5.91 Å². The summed E-state index contributed by atoms with van der Waals surface area (Å²) >= 11 is 0. The maximum Gasteiger partial charge on any atom is 0.310 e. The number of rotatable bonds is 5. The molecule has 134 valence electrons. The molecule has 0 bridgehead atoms. The Bertz CT molecular complexity index is 676. The summed E-state index contributed by atoms with van der Waals surface area (Å²) in [4.78, 5) is 38.4. The number of hydrogen-bond acceptors (Lipinski definition) is 3. The average molecular weight is 344 g/mol. The van der Waals surface area contributed by atoms with Crippen molar-refractivity contribution in [1.29, 1.82) is 0 Å². The summed E-state index contributed by atoms with van der Waals surface area (Å²) in [6.07, 6.45) is 4.99. The molecule has 0 aromatic heterocycles. The molecule has 1 saturated heterocycles. The first-order valence-corrected chi connectivity index (χ1v) is 8.93. The van der Waals surface area contributed by atoms with Gasteiger partial charge in [0.05, 0.1) is 16.7 Å². The number of likely N-dealkylation sites (tertiary alicyclic amines) is 1. The number of amides is 2. The fourth-order valence-electron chi connectivity index (χ4n) is 3.62. The van der Waals surface area contributed by atoms with Crippen LogP contribution in [0.1, 0.15) is 55.3 Å². The Balaban J connectivity index is 1.71. The number of nitrogens with one attached hydrogen (secondary N) is 1. The Morgan fingerprint density at radius 3 is 2.32 bits per heavy atom. The zero-order chi connectivity index (χ0) is 17.9. The maximum atomic E-state index is 12.7. The second-order valence-electron chi connectivity index (χ2n) is 7.06. The zero-order valence-electron chi connectivity index (χ0n) is 14.3. The van der Waals surface area contributed by atoms with Crippen molar-refractivity contribution in [3.05, 3.63) is 29.8 Å². The third-order valence-corrected chi connectivity index (χ3v) is 5.34. The first-order chi connectivity index (χ1) is 12.0. The predicted octanol–water partition coefficient (Wildman–Crippen LogP) is 2.90. The van der Waals surface area contributed by atoms with Crippen LogP contribution in [-0.2, 0) is 9.59 Å². The van der Waals surface area contributed by atoms with Crippen LogP contribution in [0.15, 0.2) is 24.3 Å². The smallest absolute Gasteiger partial charge is 0.310 e. The quantitative estimate of drug-likeness (QED) is 0.860. The van der Waals surface area contributed by atoms with Crippen molar-refractivity contribution in [2.75, 3.05) is 18.4 Å². The standard InChI is InChI=1S/C19H24N2O4/c22-16(13-19(18(24)25)9-6-10-19)20-15-8-3-2-7-14(15)17(23)21-11-4-1-5-12-21/h2-3,7-8H,1,4-6,9-13H2,(H,20,22)(H,24,25). The highest BCUT2D eigenvalue weighted by Gasteiger charge is 2.46. The number of piperidine rings is 1. The Labute approximate surface area is 147 Å². The largest absolute Gasteiger partial charge is 0.481 e. The lowest BCUT2D eigenvalue weighted by Crippen LogP contribution is -2.41. The molecule has 3 rings (SSSR count). The third-order valence-electron chi connectivity index (χ3n) is 5.34. The lowest BCUT2D eigenvalue weighted by molar-refractivity contribution is -0.157. The Kier molecular flexibility index (Phi) is 5.06. The van der Waals surface area contributed by atoms with Crippen LogP contribution in [0.25, 0.3) is 0 Å². The van der Waals surface area contributed by atoms with Crippen LogP contribution in [0.2, 0.25) is 0 Å². The van der Waals surface area contributed by atoms with Gasteiger partial charge in [0.2, 0.25) is 5.91 Å². The minimum atomic E-state index is -0.935. The van der Waals surface area contributed by atoms with Crippen molar-refractivity contribution in [2.24, 2.45) is 5.41 Å². The molecular weight excluding hydrogens is 320 g/mol. The van der Waals surface area contributed by atoms with Gasteiger partial charge in [0.1, 0.15) is 0 Å². The van der Waals surface area contributed by atoms with Gasteiger partial charge in [-0.25, -0.2) is 0 Å². The Hall–Kier alpha value is -2.37. The van der Waals surface area contributed by atoms with Crippen LogP contribution in [0.4, 0.5) is 5.69 Å². The van der Waals surface area contributed by atoms with Gasteiger partial charge < -0.3 is 15.3 Å². The van der Waals surface area contributed by atoms with Crippen LogP contribution in [0, 0.1) is 5.41 Å². The van der Waals surface area contributed by atoms with E-state index in [-0.39, 0.29) is 18.2 Å². The van der Waals surface area contributed by atoms with Crippen LogP contribution in [0.3, 0.4) is 0 Å². The summed E-state index contributed by atoms with van der Waals surface area (Å²) in [6, 6.07) is 6.95. The first-order valence-electron chi connectivity index (χ1n) is 8.93. The number of anilines is 1. The number of hydrogen-bond donors (Lipinski definition) is 2. The molecule has 0 spiro atoms. The number of carbonyl (C=O) groups excluding carboxylic acids is 2. The van der Waals surface area contributed by atoms with E-state index in [1.807, 2.05) is 4.90 Å². The fraction of sp³-hybridized carbons (Fsp3) is 0.526. The third kappa shape index (κ3) is 3.67. The predicted molar refractivity (Wildman–Crippen MR) is 93.4 cm³/mol. The molecule has 2 amide bonds. The van der Waals surface area contributed by atoms with Crippen LogP contribution in [0.5, 0.6) is 0 Å². The number of benzene rings is 1. The monoisotopic (exact) mass is 344 g/mol. The number of carboxylic acids is 1. The molecule has 0 atom stereocenters. The summed E-state index contributed by atoms with van der Waals surface area (Å²) in [7, 11) is 0. The van der Waals surface area contributed by atoms with Crippen molar-refractivity contribution in [1.82, 2.24) is 4.90 Å². The maximum absolute atomic E-state index is 12.7. The van der Waals surface area contributed by atoms with Gasteiger partial charge in [-0.05, 0) is 44.2 Å². The number of nitrogens with zero attached hydrogens (tertiary/aromatic N) is 1. The topological polar surface area (TPSA) is 86.7 Å². The van der Waals surface area contributed by atoms with E-state index >= 15 is 0 Å². The number of aliphatic carboxylic acids is 1. The first kappa shape index (κ1) is 17.5. The normalized spacial score (nSPS) is 19.0. The molecule has 1 saturated carbocycles. The fourth-order valence-corrected chi connectivity index (χ4v) is 3.62. The van der Waals surface area contributed by atoms with E-state index in [1.165, 1.54) is 0 Å². The molecule has 1 heterocycles. The SMILES string of the molecule is O=C(CC1(C(=O)O)CCC1)Nc1ccccc1C(=O)N1CCCCC1. The highest BCUT2D eigenvalue weighted by molar-refractivity contribution is 6.04. The van der Waals surface area contributed by atoms with Crippen molar-refractivity contribution in [3.63, 3.8) is 0 Å². The van der Waals surface area contributed by atoms with Gasteiger partial charge in [-0.3, -0.25) is 14.4 Å². The van der Waals surface area contributed by atoms with Gasteiger partial charge in [-0.15, -0.1) is 0 Å². The van der Waals surface area contributed by atoms with Gasteiger partial charge in [-0.2, -0.15) is 0 Å². The van der Waals surface area contributed by atoms with E-state index in [1.54, 1.807) is 24.3 Å². The van der Waals surface area contributed by atoms with E-state index in [0.717, 1.165) is 38.8 Å². The molecule has 1 aromatic carbocycles. The molecule has 0 unspecified atom stereocenters. The molecule has 25 heavy (non-hydrogen) atoms. The summed E-state index contributed by atoms with van der Waals surface area (Å²) in [5, 5.41) is 12.1. The van der Waals surface area contributed by atoms with Crippen LogP contribution >= 0.6 is 0 Å². The molecule has 1 aliphatic carbocycles. The summed E-state index contributed by atoms with van der Waals surface area (Å²) in [6.45, 7) is 1.48. The van der Waals surface area contributed by atoms with E-state index in [0.29, 0.717) is 24.1 Å². The molecule has 2 N–H and O–H groups in total. The molecule has 1 aromatic rings. The van der Waals surface area contributed by atoms with E-state index < -0.39 is 11.4 Å². The highest BCUT2D eigenvalue weighted by atomic mass is 16.4. The summed E-state index contributed by atoms with van der Waals surface area (Å²) in [5.41, 5.74) is -0.00529. The minimum absolute atomic E-state index is 0.0471. The molecule has 0 radical (unpaired) electrons. The Morgan fingerprint density at radius 1 is 1.04 bits per heavy atom. The van der Waals surface area contributed by atoms with Gasteiger partial charge in [0, 0.05) is 19.5 Å². The molecule has 2 aliphatic rings. The second-order valence-corrected chi connectivity index (χ2v) is 7.06. The lowest BCUT2D eigenvalue weighted by atomic mass is 9.66. The van der Waals surface area contributed by atoms with Gasteiger partial charge in [0.15, 0.2) is 0 Å². The van der Waals surface area contributed by atoms with Crippen molar-refractivity contribution in [3.8, 4) is 0 Å². The zero-order valence-corrected chi connectivity index (χ0v) is 14.3. The Morgan fingerprint density at radius 2 is 1.72 bits per heavy atom. The van der Waals surface area contributed by atoms with Crippen LogP contribution in [-0.4, -0.2) is 40.9 Å². The van der Waals surface area contributed by atoms with E-state index in [4.69, 9.17) is 0 Å². The summed E-state index contributed by atoms with van der Waals surface area (Å²) in [5.74, 6) is -1.33. The van der Waals surface area contributed by atoms with E-state index in [2.05, 4.69) is 5.32 Å². The van der Waals surface area contributed by atoms with Gasteiger partial charge >= 0.3 is 5.97 Å². The van der Waals surface area contributed by atoms with Crippen LogP contribution < -0.4 is 5.32 Å². The molecular formula is C19H24N2O4. The lowest BCUT2D eigenvalue weighted by Gasteiger charge is -2.37. The minimum Gasteiger partial charge on any atom is -0.481 e. The highest BCUT2D eigenvalue weighted by Crippen LogP contribution is 2.44. The number of para-hydroxylation sites is 1. The molecule has 2 fully saturated rings. The van der Waals surface area contributed by atoms with Crippen molar-refractivity contribution < 1.29 is 19.5 Å². The second kappa shape index (κ2) is 7.25. The molecule has 1 aliphatic heterocycles.